The Morgan fingerprint density at radius 2 is 1.72 bits per heavy atom. The van der Waals surface area contributed by atoms with Crippen LogP contribution in [0.4, 0.5) is 33.6 Å². The van der Waals surface area contributed by atoms with Gasteiger partial charge in [0.1, 0.15) is 17.3 Å². The number of hydrogen-bond acceptors (Lipinski definition) is 5. The molecule has 0 saturated carbocycles. The van der Waals surface area contributed by atoms with Crippen LogP contribution in [0.2, 0.25) is 0 Å². The molecular formula is C28H31F5N6. The summed E-state index contributed by atoms with van der Waals surface area (Å²) in [5.41, 5.74) is 4.65. The molecule has 2 aromatic heterocycles. The third-order valence-corrected chi connectivity index (χ3v) is 6.81. The molecule has 3 heterocycles. The number of nitrogens with zero attached hydrogens (tertiary/aromatic N) is 5. The normalized spacial score (nSPS) is 16.3. The average molecular weight is 547 g/mol. The fraction of sp³-hybridized carbons (Fsp3) is 0.357. The Hall–Kier alpha value is -3.73. The Balaban J connectivity index is 0.00000172. The van der Waals surface area contributed by atoms with Crippen molar-refractivity contribution in [1.82, 2.24) is 19.7 Å². The lowest BCUT2D eigenvalue weighted by molar-refractivity contribution is -0.140. The van der Waals surface area contributed by atoms with Crippen LogP contribution < -0.4 is 10.6 Å². The first-order valence-electron chi connectivity index (χ1n) is 12.7. The van der Waals surface area contributed by atoms with Crippen molar-refractivity contribution >= 4 is 22.5 Å². The number of alkyl halides is 3. The summed E-state index contributed by atoms with van der Waals surface area (Å²) in [7, 11) is 2.06. The molecule has 0 spiro atoms. The molecule has 0 aliphatic carbocycles. The van der Waals surface area contributed by atoms with E-state index in [9.17, 15) is 22.0 Å². The number of likely N-dealkylation sites (N-methyl/N-ethyl adjacent to an activating group) is 1. The molecular weight excluding hydrogens is 515 g/mol. The standard InChI is InChI=1S/C26H25F5N6.C2H6/c1-15-23(27)19(26(29,30)31)12-20(24(15)28)37-21-13-33-22(11-18(21)25(32)34-37)36-9-8-35(2)14-17(36)10-16-6-4-3-5-7-16;1-2/h3-7,11-13,17H,8-10,14H2,1-2H3,(H2,32,34);1-2H3. The Bertz CT molecular complexity index is 1450. The maximum atomic E-state index is 15.0. The zero-order valence-corrected chi connectivity index (χ0v) is 22.2. The number of pyridine rings is 1. The lowest BCUT2D eigenvalue weighted by Crippen LogP contribution is -2.53. The molecule has 0 amide bonds. The summed E-state index contributed by atoms with van der Waals surface area (Å²) >= 11 is 0. The Kier molecular flexibility index (Phi) is 8.10. The third kappa shape index (κ3) is 5.54. The molecule has 1 aliphatic heterocycles. The number of nitrogens with two attached hydrogens (primary N) is 1. The van der Waals surface area contributed by atoms with E-state index < -0.39 is 34.6 Å². The third-order valence-electron chi connectivity index (χ3n) is 6.81. The van der Waals surface area contributed by atoms with Gasteiger partial charge in [-0.2, -0.15) is 13.2 Å². The van der Waals surface area contributed by atoms with Crippen molar-refractivity contribution in [3.63, 3.8) is 0 Å². The van der Waals surface area contributed by atoms with Crippen molar-refractivity contribution < 1.29 is 22.0 Å². The topological polar surface area (TPSA) is 63.2 Å². The van der Waals surface area contributed by atoms with Gasteiger partial charge in [0.15, 0.2) is 11.6 Å². The zero-order valence-electron chi connectivity index (χ0n) is 22.2. The van der Waals surface area contributed by atoms with Crippen LogP contribution in [-0.2, 0) is 12.6 Å². The van der Waals surface area contributed by atoms with Crippen molar-refractivity contribution in [2.75, 3.05) is 37.3 Å². The molecule has 1 atom stereocenters. The predicted octanol–water partition coefficient (Wildman–Crippen LogP) is 6.00. The lowest BCUT2D eigenvalue weighted by atomic mass is 10.0. The second-order valence-corrected chi connectivity index (χ2v) is 9.35. The average Bonchev–Trinajstić information content (AvgIpc) is 3.24. The van der Waals surface area contributed by atoms with Gasteiger partial charge in [-0.3, -0.25) is 0 Å². The highest BCUT2D eigenvalue weighted by Crippen LogP contribution is 2.37. The van der Waals surface area contributed by atoms with E-state index in [-0.39, 0.29) is 17.4 Å². The van der Waals surface area contributed by atoms with Crippen molar-refractivity contribution in [2.45, 2.75) is 39.4 Å². The van der Waals surface area contributed by atoms with Gasteiger partial charge in [-0.05, 0) is 38.1 Å². The summed E-state index contributed by atoms with van der Waals surface area (Å²) in [6, 6.07) is 12.3. The summed E-state index contributed by atoms with van der Waals surface area (Å²) in [5, 5.41) is 4.51. The van der Waals surface area contributed by atoms with E-state index in [4.69, 9.17) is 5.73 Å². The fourth-order valence-corrected chi connectivity index (χ4v) is 4.85. The molecule has 0 bridgehead atoms. The summed E-state index contributed by atoms with van der Waals surface area (Å²) in [6.07, 6.45) is -2.80. The number of halogens is 5. The fourth-order valence-electron chi connectivity index (χ4n) is 4.85. The van der Waals surface area contributed by atoms with Gasteiger partial charge in [-0.15, -0.1) is 5.10 Å². The van der Waals surface area contributed by atoms with Gasteiger partial charge in [0, 0.05) is 36.6 Å². The van der Waals surface area contributed by atoms with Crippen LogP contribution in [0.1, 0.15) is 30.5 Å². The largest absolute Gasteiger partial charge is 0.419 e. The van der Waals surface area contributed by atoms with Crippen molar-refractivity contribution in [3.8, 4) is 5.69 Å². The zero-order chi connectivity index (χ0) is 28.5. The molecule has 39 heavy (non-hydrogen) atoms. The number of aromatic nitrogens is 3. The van der Waals surface area contributed by atoms with Gasteiger partial charge in [-0.25, -0.2) is 18.4 Å². The molecule has 1 fully saturated rings. The molecule has 1 unspecified atom stereocenters. The van der Waals surface area contributed by atoms with E-state index in [0.717, 1.165) is 31.1 Å². The minimum atomic E-state index is -5.01. The molecule has 6 nitrogen and oxygen atoms in total. The summed E-state index contributed by atoms with van der Waals surface area (Å²) in [4.78, 5) is 8.98. The summed E-state index contributed by atoms with van der Waals surface area (Å²) in [5.74, 6) is -2.17. The van der Waals surface area contributed by atoms with Crippen LogP contribution in [0.3, 0.4) is 0 Å². The van der Waals surface area contributed by atoms with E-state index in [1.165, 1.54) is 11.8 Å². The van der Waals surface area contributed by atoms with Gasteiger partial charge in [0.25, 0.3) is 0 Å². The van der Waals surface area contributed by atoms with Crippen LogP contribution in [0.5, 0.6) is 0 Å². The number of rotatable bonds is 4. The second kappa shape index (κ2) is 11.2. The number of benzene rings is 2. The molecule has 2 aromatic carbocycles. The number of anilines is 2. The number of fused-ring (bicyclic) bond motifs is 1. The van der Waals surface area contributed by atoms with E-state index in [2.05, 4.69) is 39.1 Å². The lowest BCUT2D eigenvalue weighted by Gasteiger charge is -2.41. The van der Waals surface area contributed by atoms with E-state index in [1.807, 2.05) is 32.0 Å². The highest BCUT2D eigenvalue weighted by molar-refractivity contribution is 5.91. The Morgan fingerprint density at radius 1 is 1.03 bits per heavy atom. The maximum Gasteiger partial charge on any atom is 0.419 e. The highest BCUT2D eigenvalue weighted by atomic mass is 19.4. The Labute approximate surface area is 223 Å². The molecule has 4 aromatic rings. The number of hydrogen-bond donors (Lipinski definition) is 1. The van der Waals surface area contributed by atoms with Gasteiger partial charge in [-0.1, -0.05) is 44.2 Å². The summed E-state index contributed by atoms with van der Waals surface area (Å²) in [6.45, 7) is 7.29. The number of nitrogen functional groups attached to an aromatic ring is 1. The monoisotopic (exact) mass is 546 g/mol. The van der Waals surface area contributed by atoms with Crippen molar-refractivity contribution in [2.24, 2.45) is 0 Å². The van der Waals surface area contributed by atoms with Gasteiger partial charge >= 0.3 is 6.18 Å². The first kappa shape index (κ1) is 28.3. The van der Waals surface area contributed by atoms with Crippen LogP contribution in [-0.4, -0.2) is 52.4 Å². The SMILES string of the molecule is CC.Cc1c(F)c(-n2nc(N)c3cc(N4CCN(C)CC4Cc4ccccc4)ncc32)cc(C(F)(F)F)c1F. The minimum Gasteiger partial charge on any atom is -0.382 e. The first-order valence-corrected chi connectivity index (χ1v) is 12.7. The van der Waals surface area contributed by atoms with E-state index >= 15 is 0 Å². The van der Waals surface area contributed by atoms with E-state index in [1.54, 1.807) is 6.07 Å². The second-order valence-electron chi connectivity index (χ2n) is 9.35. The molecule has 0 radical (unpaired) electrons. The van der Waals surface area contributed by atoms with Crippen molar-refractivity contribution in [3.05, 3.63) is 77.0 Å². The van der Waals surface area contributed by atoms with Gasteiger partial charge in [0.2, 0.25) is 0 Å². The molecule has 208 valence electrons. The van der Waals surface area contributed by atoms with Crippen molar-refractivity contribution in [1.29, 1.82) is 0 Å². The molecule has 5 rings (SSSR count). The van der Waals surface area contributed by atoms with Crippen LogP contribution in [0.15, 0.2) is 48.7 Å². The predicted molar refractivity (Wildman–Crippen MR) is 143 cm³/mol. The van der Waals surface area contributed by atoms with Crippen LogP contribution in [0.25, 0.3) is 16.6 Å². The molecule has 1 aliphatic rings. The Morgan fingerprint density at radius 3 is 2.38 bits per heavy atom. The van der Waals surface area contributed by atoms with Gasteiger partial charge in [0.05, 0.1) is 17.3 Å². The maximum absolute atomic E-state index is 15.0. The van der Waals surface area contributed by atoms with Crippen LogP contribution in [0, 0.1) is 18.6 Å². The number of piperazine rings is 1. The molecule has 11 heteroatoms. The molecule has 2 N–H and O–H groups in total. The highest BCUT2D eigenvalue weighted by Gasteiger charge is 2.37. The first-order chi connectivity index (χ1) is 18.5. The van der Waals surface area contributed by atoms with E-state index in [0.29, 0.717) is 23.8 Å². The van der Waals surface area contributed by atoms with Gasteiger partial charge < -0.3 is 15.5 Å². The quantitative estimate of drug-likeness (QED) is 0.318. The minimum absolute atomic E-state index is 0.00215. The summed E-state index contributed by atoms with van der Waals surface area (Å²) < 4.78 is 70.4. The van der Waals surface area contributed by atoms with Crippen LogP contribution >= 0.6 is 0 Å². The smallest absolute Gasteiger partial charge is 0.382 e. The molecule has 1 saturated heterocycles.